The van der Waals surface area contributed by atoms with Crippen LogP contribution in [0.3, 0.4) is 0 Å². The molecule has 7 nitrogen and oxygen atoms in total. The van der Waals surface area contributed by atoms with E-state index in [9.17, 15) is 8.42 Å². The summed E-state index contributed by atoms with van der Waals surface area (Å²) < 4.78 is 31.4. The van der Waals surface area contributed by atoms with Crippen LogP contribution in [0.5, 0.6) is 5.75 Å². The van der Waals surface area contributed by atoms with Gasteiger partial charge >= 0.3 is 0 Å². The van der Waals surface area contributed by atoms with Gasteiger partial charge in [0.25, 0.3) is 10.0 Å². The van der Waals surface area contributed by atoms with Crippen molar-refractivity contribution in [3.63, 3.8) is 0 Å². The van der Waals surface area contributed by atoms with E-state index in [1.807, 2.05) is 0 Å². The Labute approximate surface area is 110 Å². The molecule has 3 N–H and O–H groups in total. The number of nitrogen functional groups attached to an aromatic ring is 1. The van der Waals surface area contributed by atoms with Crippen LogP contribution in [-0.4, -0.2) is 25.5 Å². The van der Waals surface area contributed by atoms with Crippen LogP contribution in [-0.2, 0) is 10.0 Å². The van der Waals surface area contributed by atoms with Crippen molar-refractivity contribution in [2.45, 2.75) is 4.90 Å². The number of anilines is 2. The number of benzene rings is 1. The Hall–Kier alpha value is -2.35. The molecule has 1 aromatic carbocycles. The largest absolute Gasteiger partial charge is 0.495 e. The molecule has 0 fully saturated rings. The normalized spacial score (nSPS) is 11.0. The van der Waals surface area contributed by atoms with Crippen molar-refractivity contribution in [3.8, 4) is 5.75 Å². The van der Waals surface area contributed by atoms with E-state index >= 15 is 0 Å². The summed E-state index contributed by atoms with van der Waals surface area (Å²) >= 11 is 0. The van der Waals surface area contributed by atoms with Gasteiger partial charge in [-0.1, -0.05) is 0 Å². The van der Waals surface area contributed by atoms with Crippen molar-refractivity contribution < 1.29 is 13.2 Å². The lowest BCUT2D eigenvalue weighted by Crippen LogP contribution is -2.15. The number of ether oxygens (including phenoxy) is 1. The third-order valence-corrected chi connectivity index (χ3v) is 3.63. The van der Waals surface area contributed by atoms with Crippen molar-refractivity contribution in [1.29, 1.82) is 0 Å². The Kier molecular flexibility index (Phi) is 3.52. The summed E-state index contributed by atoms with van der Waals surface area (Å²) in [7, 11) is -2.36. The summed E-state index contributed by atoms with van der Waals surface area (Å²) in [5, 5.41) is 0. The smallest absolute Gasteiger partial charge is 0.264 e. The summed E-state index contributed by atoms with van der Waals surface area (Å²) in [4.78, 5) is 7.60. The number of hydrogen-bond donors (Lipinski definition) is 2. The molecule has 2 rings (SSSR count). The zero-order valence-electron chi connectivity index (χ0n) is 10.1. The number of nitrogens with zero attached hydrogens (tertiary/aromatic N) is 2. The fourth-order valence-corrected chi connectivity index (χ4v) is 2.36. The van der Waals surface area contributed by atoms with Gasteiger partial charge in [-0.3, -0.25) is 0 Å². The zero-order chi connectivity index (χ0) is 13.9. The summed E-state index contributed by atoms with van der Waals surface area (Å²) in [6.07, 6.45) is 2.88. The van der Waals surface area contributed by atoms with Crippen LogP contribution in [0.1, 0.15) is 0 Å². The maximum atomic E-state index is 12.1. The van der Waals surface area contributed by atoms with E-state index in [-0.39, 0.29) is 16.6 Å². The van der Waals surface area contributed by atoms with Crippen LogP contribution in [0, 0.1) is 0 Å². The minimum absolute atomic E-state index is 0.00158. The van der Waals surface area contributed by atoms with Gasteiger partial charge in [0.2, 0.25) is 5.95 Å². The molecule has 0 unspecified atom stereocenters. The first-order valence-electron chi connectivity index (χ1n) is 5.26. The molecule has 0 aliphatic heterocycles. The lowest BCUT2D eigenvalue weighted by Gasteiger charge is -2.09. The summed E-state index contributed by atoms with van der Waals surface area (Å²) in [5.74, 6) is 0.287. The van der Waals surface area contributed by atoms with E-state index in [0.29, 0.717) is 5.69 Å². The maximum Gasteiger partial charge on any atom is 0.264 e. The number of nitrogens with one attached hydrogen (secondary N) is 1. The maximum absolute atomic E-state index is 12.1. The van der Waals surface area contributed by atoms with Crippen molar-refractivity contribution in [2.75, 3.05) is 17.6 Å². The van der Waals surface area contributed by atoms with Crippen molar-refractivity contribution in [1.82, 2.24) is 9.97 Å². The molecule has 1 aromatic heterocycles. The van der Waals surface area contributed by atoms with E-state index in [2.05, 4.69) is 14.7 Å². The standard InChI is InChI=1S/C11H12N4O3S/c1-18-10-7-8(3-4-9(10)12)19(16,17)15-11-13-5-2-6-14-11/h2-7H,12H2,1H3,(H,13,14,15). The first kappa shape index (κ1) is 13.1. The molecule has 100 valence electrons. The average molecular weight is 280 g/mol. The highest BCUT2D eigenvalue weighted by atomic mass is 32.2. The number of rotatable bonds is 4. The van der Waals surface area contributed by atoms with E-state index < -0.39 is 10.0 Å². The highest BCUT2D eigenvalue weighted by Gasteiger charge is 2.17. The Morgan fingerprint density at radius 3 is 2.58 bits per heavy atom. The Bertz CT molecular complexity index is 674. The van der Waals surface area contributed by atoms with Gasteiger partial charge in [0.1, 0.15) is 5.75 Å². The number of methoxy groups -OCH3 is 1. The Morgan fingerprint density at radius 1 is 1.26 bits per heavy atom. The summed E-state index contributed by atoms with van der Waals surface area (Å²) in [6, 6.07) is 5.76. The molecule has 2 aromatic rings. The van der Waals surface area contributed by atoms with Crippen molar-refractivity contribution >= 4 is 21.7 Å². The van der Waals surface area contributed by atoms with Gasteiger partial charge < -0.3 is 10.5 Å². The number of sulfonamides is 1. The molecule has 0 saturated heterocycles. The third kappa shape index (κ3) is 2.91. The van der Waals surface area contributed by atoms with Crippen LogP contribution >= 0.6 is 0 Å². The highest BCUT2D eigenvalue weighted by Crippen LogP contribution is 2.25. The topological polar surface area (TPSA) is 107 Å². The molecule has 0 radical (unpaired) electrons. The fraction of sp³-hybridized carbons (Fsp3) is 0.0909. The van der Waals surface area contributed by atoms with Crippen LogP contribution < -0.4 is 15.2 Å². The lowest BCUT2D eigenvalue weighted by atomic mass is 10.3. The molecule has 0 aliphatic rings. The molecular formula is C11H12N4O3S. The van der Waals surface area contributed by atoms with Crippen molar-refractivity contribution in [3.05, 3.63) is 36.7 Å². The molecule has 19 heavy (non-hydrogen) atoms. The molecule has 0 atom stereocenters. The molecule has 0 aliphatic carbocycles. The van der Waals surface area contributed by atoms with Gasteiger partial charge in [-0.25, -0.2) is 23.1 Å². The molecule has 0 amide bonds. The molecule has 0 spiro atoms. The first-order valence-corrected chi connectivity index (χ1v) is 6.74. The molecule has 1 heterocycles. The lowest BCUT2D eigenvalue weighted by molar-refractivity contribution is 0.415. The summed E-state index contributed by atoms with van der Waals surface area (Å²) in [5.41, 5.74) is 5.99. The monoisotopic (exact) mass is 280 g/mol. The Morgan fingerprint density at radius 2 is 1.95 bits per heavy atom. The van der Waals surface area contributed by atoms with E-state index in [0.717, 1.165) is 0 Å². The number of aromatic nitrogens is 2. The fourth-order valence-electron chi connectivity index (χ4n) is 1.39. The highest BCUT2D eigenvalue weighted by molar-refractivity contribution is 7.92. The van der Waals surface area contributed by atoms with Gasteiger partial charge in [-0.05, 0) is 18.2 Å². The van der Waals surface area contributed by atoms with Crippen LogP contribution in [0.15, 0.2) is 41.6 Å². The molecule has 0 saturated carbocycles. The van der Waals surface area contributed by atoms with E-state index in [1.54, 1.807) is 6.07 Å². The van der Waals surface area contributed by atoms with Gasteiger partial charge in [-0.15, -0.1) is 0 Å². The second-order valence-electron chi connectivity index (χ2n) is 3.58. The van der Waals surface area contributed by atoms with Crippen LogP contribution in [0.4, 0.5) is 11.6 Å². The first-order chi connectivity index (χ1) is 9.03. The minimum Gasteiger partial charge on any atom is -0.495 e. The Balaban J connectivity index is 2.35. The summed E-state index contributed by atoms with van der Waals surface area (Å²) in [6.45, 7) is 0. The predicted molar refractivity (Wildman–Crippen MR) is 70.2 cm³/mol. The van der Waals surface area contributed by atoms with E-state index in [1.165, 1.54) is 37.7 Å². The van der Waals surface area contributed by atoms with Crippen molar-refractivity contribution in [2.24, 2.45) is 0 Å². The third-order valence-electron chi connectivity index (χ3n) is 2.31. The van der Waals surface area contributed by atoms with Gasteiger partial charge in [0.15, 0.2) is 0 Å². The number of hydrogen-bond acceptors (Lipinski definition) is 6. The predicted octanol–water partition coefficient (Wildman–Crippen LogP) is 0.868. The second-order valence-corrected chi connectivity index (χ2v) is 5.26. The minimum atomic E-state index is -3.77. The SMILES string of the molecule is COc1cc(S(=O)(=O)Nc2ncccn2)ccc1N. The quantitative estimate of drug-likeness (QED) is 0.805. The van der Waals surface area contributed by atoms with Crippen LogP contribution in [0.2, 0.25) is 0 Å². The van der Waals surface area contributed by atoms with E-state index in [4.69, 9.17) is 10.5 Å². The zero-order valence-corrected chi connectivity index (χ0v) is 10.9. The molecule has 0 bridgehead atoms. The number of nitrogens with two attached hydrogens (primary N) is 1. The second kappa shape index (κ2) is 5.11. The molecule has 8 heteroatoms. The van der Waals surface area contributed by atoms with Gasteiger partial charge in [-0.2, -0.15) is 0 Å². The van der Waals surface area contributed by atoms with Gasteiger partial charge in [0.05, 0.1) is 17.7 Å². The van der Waals surface area contributed by atoms with Gasteiger partial charge in [0, 0.05) is 18.5 Å². The van der Waals surface area contributed by atoms with Crippen LogP contribution in [0.25, 0.3) is 0 Å². The molecular weight excluding hydrogens is 268 g/mol. The average Bonchev–Trinajstić information content (AvgIpc) is 2.39.